The maximum atomic E-state index is 13.9. The molecule has 1 aromatic carbocycles. The Morgan fingerprint density at radius 3 is 3.00 bits per heavy atom. The van der Waals surface area contributed by atoms with Crippen LogP contribution < -0.4 is 15.9 Å². The number of pyridine rings is 1. The highest BCUT2D eigenvalue weighted by molar-refractivity contribution is 7.86. The number of nitrogens with two attached hydrogens (primary N) is 1. The Morgan fingerprint density at radius 2 is 2.29 bits per heavy atom. The first-order valence-electron chi connectivity index (χ1n) is 6.06. The minimum atomic E-state index is -1.69. The molecule has 4 N–H and O–H groups in total. The van der Waals surface area contributed by atoms with Gasteiger partial charge < -0.3 is 15.4 Å². The predicted octanol–water partition coefficient (Wildman–Crippen LogP) is 0.155. The summed E-state index contributed by atoms with van der Waals surface area (Å²) in [7, 11) is -2.78. The molecule has 108 valence electrons. The number of halogens is 1. The van der Waals surface area contributed by atoms with E-state index >= 15 is 0 Å². The van der Waals surface area contributed by atoms with Gasteiger partial charge in [-0.15, -0.1) is 0 Å². The molecule has 0 radical (unpaired) electrons. The standard InChI is InChI=1S/C12H11BFN3O3S/c14-10-3-7-6-20-13(18)9(7)4-11(10)17-21(19)8-1-2-12(15)16-5-8/h1-5,17-18H,6H2,(H2,15,16). The van der Waals surface area contributed by atoms with Crippen LogP contribution in [0.2, 0.25) is 0 Å². The van der Waals surface area contributed by atoms with Crippen LogP contribution in [0.5, 0.6) is 0 Å². The molecule has 0 spiro atoms. The number of hydrogen-bond acceptors (Lipinski definition) is 5. The molecule has 21 heavy (non-hydrogen) atoms. The molecule has 0 saturated heterocycles. The highest BCUT2D eigenvalue weighted by atomic mass is 32.2. The number of nitrogens with zero attached hydrogens (tertiary/aromatic N) is 1. The van der Waals surface area contributed by atoms with E-state index in [1.165, 1.54) is 30.5 Å². The van der Waals surface area contributed by atoms with Crippen molar-refractivity contribution in [2.45, 2.75) is 11.5 Å². The minimum absolute atomic E-state index is 0.0217. The molecule has 9 heteroatoms. The molecule has 0 aliphatic carbocycles. The molecule has 1 aromatic heterocycles. The maximum absolute atomic E-state index is 13.9. The van der Waals surface area contributed by atoms with Gasteiger partial charge in [0.1, 0.15) is 11.6 Å². The first-order valence-corrected chi connectivity index (χ1v) is 7.21. The van der Waals surface area contributed by atoms with Crippen molar-refractivity contribution in [3.8, 4) is 0 Å². The smallest absolute Gasteiger partial charge is 0.423 e. The third-order valence-electron chi connectivity index (χ3n) is 3.07. The van der Waals surface area contributed by atoms with Gasteiger partial charge in [-0.2, -0.15) is 0 Å². The van der Waals surface area contributed by atoms with E-state index in [1.54, 1.807) is 0 Å². The fourth-order valence-corrected chi connectivity index (χ4v) is 2.80. The van der Waals surface area contributed by atoms with Gasteiger partial charge in [0.25, 0.3) is 0 Å². The zero-order chi connectivity index (χ0) is 15.0. The Bertz CT molecular complexity index is 714. The summed E-state index contributed by atoms with van der Waals surface area (Å²) in [6, 6.07) is 5.69. The summed E-state index contributed by atoms with van der Waals surface area (Å²) in [5, 5.41) is 9.61. The van der Waals surface area contributed by atoms with Crippen LogP contribution in [0.25, 0.3) is 0 Å². The Balaban J connectivity index is 1.86. The molecule has 6 nitrogen and oxygen atoms in total. The van der Waals surface area contributed by atoms with Gasteiger partial charge in [0.15, 0.2) is 11.0 Å². The summed E-state index contributed by atoms with van der Waals surface area (Å²) in [5.74, 6) is -0.261. The van der Waals surface area contributed by atoms with Gasteiger partial charge in [-0.1, -0.05) is 0 Å². The quantitative estimate of drug-likeness (QED) is 0.702. The fraction of sp³-hybridized carbons (Fsp3) is 0.0833. The van der Waals surface area contributed by atoms with Crippen LogP contribution >= 0.6 is 0 Å². The molecule has 1 aliphatic heterocycles. The van der Waals surface area contributed by atoms with Crippen LogP contribution in [0.3, 0.4) is 0 Å². The first-order chi connectivity index (χ1) is 10.0. The highest BCUT2D eigenvalue weighted by Gasteiger charge is 2.29. The summed E-state index contributed by atoms with van der Waals surface area (Å²) >= 11 is 0. The lowest BCUT2D eigenvalue weighted by Crippen LogP contribution is -2.28. The summed E-state index contributed by atoms with van der Waals surface area (Å²) in [5.41, 5.74) is 6.51. The maximum Gasteiger partial charge on any atom is 0.491 e. The van der Waals surface area contributed by atoms with Gasteiger partial charge in [0.05, 0.1) is 17.2 Å². The van der Waals surface area contributed by atoms with Crippen LogP contribution in [0.15, 0.2) is 35.4 Å². The van der Waals surface area contributed by atoms with E-state index in [0.717, 1.165) is 0 Å². The molecule has 0 fully saturated rings. The SMILES string of the molecule is Nc1ccc(S(=O)Nc2cc3c(cc2F)COB3O)cn1. The Labute approximate surface area is 122 Å². The van der Waals surface area contributed by atoms with Crippen molar-refractivity contribution < 1.29 is 18.3 Å². The topological polar surface area (TPSA) is 97.5 Å². The van der Waals surface area contributed by atoms with E-state index in [9.17, 15) is 13.6 Å². The van der Waals surface area contributed by atoms with Crippen molar-refractivity contribution in [1.82, 2.24) is 4.98 Å². The fourth-order valence-electron chi connectivity index (χ4n) is 1.98. The molecule has 1 unspecified atom stereocenters. The molecule has 0 saturated carbocycles. The van der Waals surface area contributed by atoms with Crippen molar-refractivity contribution in [3.63, 3.8) is 0 Å². The molecule has 1 atom stereocenters. The number of benzene rings is 1. The van der Waals surface area contributed by atoms with Crippen molar-refractivity contribution in [2.24, 2.45) is 0 Å². The monoisotopic (exact) mass is 307 g/mol. The first kappa shape index (κ1) is 14.0. The van der Waals surface area contributed by atoms with Gasteiger partial charge in [-0.25, -0.2) is 13.6 Å². The number of anilines is 2. The Kier molecular flexibility index (Phi) is 3.62. The van der Waals surface area contributed by atoms with Crippen molar-refractivity contribution in [3.05, 3.63) is 41.8 Å². The van der Waals surface area contributed by atoms with Gasteiger partial charge in [0.2, 0.25) is 0 Å². The Hall–Kier alpha value is -1.97. The zero-order valence-corrected chi connectivity index (χ0v) is 11.6. The van der Waals surface area contributed by atoms with Crippen molar-refractivity contribution >= 4 is 35.1 Å². The van der Waals surface area contributed by atoms with E-state index in [1.807, 2.05) is 0 Å². The van der Waals surface area contributed by atoms with Crippen LogP contribution in [0, 0.1) is 5.82 Å². The molecule has 0 amide bonds. The second-order valence-electron chi connectivity index (χ2n) is 4.48. The number of hydrogen-bond donors (Lipinski definition) is 3. The third kappa shape index (κ3) is 2.75. The van der Waals surface area contributed by atoms with E-state index in [4.69, 9.17) is 10.4 Å². The van der Waals surface area contributed by atoms with Crippen molar-refractivity contribution in [2.75, 3.05) is 10.5 Å². The van der Waals surface area contributed by atoms with Crippen LogP contribution in [0.4, 0.5) is 15.9 Å². The zero-order valence-electron chi connectivity index (χ0n) is 10.7. The van der Waals surface area contributed by atoms with Crippen molar-refractivity contribution in [1.29, 1.82) is 0 Å². The van der Waals surface area contributed by atoms with Crippen LogP contribution in [-0.2, 0) is 22.2 Å². The van der Waals surface area contributed by atoms with E-state index < -0.39 is 23.9 Å². The molecule has 0 bridgehead atoms. The molecule has 2 heterocycles. The average molecular weight is 307 g/mol. The normalized spacial score (nSPS) is 14.9. The lowest BCUT2D eigenvalue weighted by Gasteiger charge is -2.09. The summed E-state index contributed by atoms with van der Waals surface area (Å²) < 4.78 is 33.6. The second kappa shape index (κ2) is 5.43. The highest BCUT2D eigenvalue weighted by Crippen LogP contribution is 2.20. The summed E-state index contributed by atoms with van der Waals surface area (Å²) in [6.07, 6.45) is 1.35. The van der Waals surface area contributed by atoms with Gasteiger partial charge in [-0.05, 0) is 35.3 Å². The van der Waals surface area contributed by atoms with Crippen LogP contribution in [-0.4, -0.2) is 21.3 Å². The van der Waals surface area contributed by atoms with Gasteiger partial charge in [0, 0.05) is 6.20 Å². The number of nitrogens with one attached hydrogen (secondary N) is 1. The molecular weight excluding hydrogens is 296 g/mol. The lowest BCUT2D eigenvalue weighted by atomic mass is 9.79. The predicted molar refractivity (Wildman–Crippen MR) is 77.5 cm³/mol. The Morgan fingerprint density at radius 1 is 1.48 bits per heavy atom. The molecule has 1 aliphatic rings. The third-order valence-corrected chi connectivity index (χ3v) is 4.14. The minimum Gasteiger partial charge on any atom is -0.423 e. The lowest BCUT2D eigenvalue weighted by molar-refractivity contribution is 0.275. The summed E-state index contributed by atoms with van der Waals surface area (Å²) in [6.45, 7) is 0.151. The van der Waals surface area contributed by atoms with E-state index in [0.29, 0.717) is 21.7 Å². The molecule has 2 aromatic rings. The van der Waals surface area contributed by atoms with Crippen LogP contribution in [0.1, 0.15) is 5.56 Å². The molecule has 3 rings (SSSR count). The van der Waals surface area contributed by atoms with E-state index in [-0.39, 0.29) is 12.3 Å². The number of rotatable bonds is 3. The summed E-state index contributed by atoms with van der Waals surface area (Å²) in [4.78, 5) is 4.19. The molecular formula is C12H11BFN3O3S. The second-order valence-corrected chi connectivity index (χ2v) is 5.70. The average Bonchev–Trinajstić information content (AvgIpc) is 2.81. The van der Waals surface area contributed by atoms with E-state index in [2.05, 4.69) is 9.71 Å². The number of aromatic nitrogens is 1. The van der Waals surface area contributed by atoms with Gasteiger partial charge in [-0.3, -0.25) is 4.72 Å². The number of fused-ring (bicyclic) bond motifs is 1. The largest absolute Gasteiger partial charge is 0.491 e. The van der Waals surface area contributed by atoms with Gasteiger partial charge >= 0.3 is 7.12 Å². The number of nitrogen functional groups attached to an aromatic ring is 1.